The second-order valence-corrected chi connectivity index (χ2v) is 12.0. The molecule has 3 aliphatic rings. The number of rotatable bonds is 5. The van der Waals surface area contributed by atoms with E-state index < -0.39 is 11.6 Å². The highest BCUT2D eigenvalue weighted by Gasteiger charge is 2.34. The van der Waals surface area contributed by atoms with Crippen LogP contribution in [0.2, 0.25) is 5.02 Å². The molecule has 3 fully saturated rings. The van der Waals surface area contributed by atoms with Crippen molar-refractivity contribution in [2.75, 3.05) is 38.2 Å². The first-order valence-corrected chi connectivity index (χ1v) is 14.6. The number of nitrogens with zero attached hydrogens (tertiary/aromatic N) is 4. The number of hydrogen-bond acceptors (Lipinski definition) is 7. The number of benzene rings is 3. The molecule has 7 nitrogen and oxygen atoms in total. The quantitative estimate of drug-likeness (QED) is 0.299. The van der Waals surface area contributed by atoms with E-state index in [9.17, 15) is 9.50 Å². The summed E-state index contributed by atoms with van der Waals surface area (Å²) in [5.74, 6) is 1.47. The number of phenols is 1. The van der Waals surface area contributed by atoms with E-state index in [1.807, 2.05) is 0 Å². The molecule has 7 rings (SSSR count). The minimum atomic E-state index is -0.721. The van der Waals surface area contributed by atoms with Crippen molar-refractivity contribution in [2.24, 2.45) is 0 Å². The first-order valence-electron chi connectivity index (χ1n) is 14.3. The van der Waals surface area contributed by atoms with E-state index >= 15 is 4.39 Å². The lowest BCUT2D eigenvalue weighted by Gasteiger charge is -2.34. The summed E-state index contributed by atoms with van der Waals surface area (Å²) in [6.45, 7) is 2.82. The predicted molar refractivity (Wildman–Crippen MR) is 160 cm³/mol. The maximum atomic E-state index is 16.8. The second kappa shape index (κ2) is 10.5. The Hall–Kier alpha value is -3.71. The number of phenolic OH excluding ortho intramolecular Hbond substituents is 1. The molecule has 3 saturated heterocycles. The molecule has 3 aromatic carbocycles. The van der Waals surface area contributed by atoms with E-state index in [4.69, 9.17) is 27.7 Å². The lowest BCUT2D eigenvalue weighted by molar-refractivity contribution is 0.188. The van der Waals surface area contributed by atoms with Crippen LogP contribution in [0.1, 0.15) is 31.2 Å². The standard InChI is InChI=1S/C32H30ClF2N5O2/c1-3-22-26(34)9-6-17-11-21(41)12-23(27(17)22)28-25(33)13-24-30(29(28)35)37-32(42-16-20-5-4-10-39(20)2)38-31(24)40-14-18-7-8-19(15-40)36-18/h1,6,9,11-13,18-20,36,41H,4-5,7-8,10,14-16H2,2H3/t18-,19+,20-/m0/s1. The van der Waals surface area contributed by atoms with Gasteiger partial charge in [-0.1, -0.05) is 23.6 Å². The minimum Gasteiger partial charge on any atom is -0.508 e. The van der Waals surface area contributed by atoms with Crippen molar-refractivity contribution in [2.45, 2.75) is 43.8 Å². The van der Waals surface area contributed by atoms with Gasteiger partial charge in [0.15, 0.2) is 5.82 Å². The van der Waals surface area contributed by atoms with Crippen LogP contribution in [0.25, 0.3) is 32.8 Å². The number of aromatic nitrogens is 2. The molecule has 4 heterocycles. The maximum absolute atomic E-state index is 16.8. The Labute approximate surface area is 247 Å². The number of terminal acetylenes is 1. The number of anilines is 1. The second-order valence-electron chi connectivity index (χ2n) is 11.6. The van der Waals surface area contributed by atoms with Crippen molar-refractivity contribution in [3.8, 4) is 35.2 Å². The fraction of sp³-hybridized carbons (Fsp3) is 0.375. The van der Waals surface area contributed by atoms with E-state index in [1.54, 1.807) is 6.07 Å². The Morgan fingerprint density at radius 3 is 2.64 bits per heavy atom. The summed E-state index contributed by atoms with van der Waals surface area (Å²) >= 11 is 6.82. The molecular weight excluding hydrogens is 560 g/mol. The predicted octanol–water partition coefficient (Wildman–Crippen LogP) is 5.48. The van der Waals surface area contributed by atoms with E-state index in [0.717, 1.165) is 45.3 Å². The van der Waals surface area contributed by atoms with Crippen LogP contribution in [0, 0.1) is 24.0 Å². The lowest BCUT2D eigenvalue weighted by atomic mass is 9.93. The molecule has 3 aliphatic heterocycles. The van der Waals surface area contributed by atoms with E-state index in [2.05, 4.69) is 33.1 Å². The van der Waals surface area contributed by atoms with Gasteiger partial charge in [0.25, 0.3) is 0 Å². The minimum absolute atomic E-state index is 0.0290. The summed E-state index contributed by atoms with van der Waals surface area (Å²) in [7, 11) is 2.06. The van der Waals surface area contributed by atoms with Crippen molar-refractivity contribution in [3.05, 3.63) is 52.6 Å². The van der Waals surface area contributed by atoms with Crippen molar-refractivity contribution in [3.63, 3.8) is 0 Å². The molecule has 0 radical (unpaired) electrons. The number of likely N-dealkylation sites (N-methyl/N-ethyl adjacent to an activating group) is 1. The Balaban J connectivity index is 1.43. The molecule has 0 aliphatic carbocycles. The molecule has 0 unspecified atom stereocenters. The van der Waals surface area contributed by atoms with Crippen molar-refractivity contribution in [1.82, 2.24) is 20.2 Å². The summed E-state index contributed by atoms with van der Waals surface area (Å²) in [6.07, 6.45) is 9.91. The van der Waals surface area contributed by atoms with Crippen molar-refractivity contribution < 1.29 is 18.6 Å². The fourth-order valence-electron chi connectivity index (χ4n) is 6.81. The van der Waals surface area contributed by atoms with E-state index in [0.29, 0.717) is 35.3 Å². The lowest BCUT2D eigenvalue weighted by Crippen LogP contribution is -2.51. The number of nitrogens with one attached hydrogen (secondary N) is 1. The Bertz CT molecular complexity index is 1760. The first-order chi connectivity index (χ1) is 20.3. The van der Waals surface area contributed by atoms with E-state index in [1.165, 1.54) is 24.3 Å². The third kappa shape index (κ3) is 4.58. The zero-order valence-corrected chi connectivity index (χ0v) is 23.9. The molecule has 1 aromatic heterocycles. The largest absolute Gasteiger partial charge is 0.508 e. The number of halogens is 3. The SMILES string of the molecule is C#Cc1c(F)ccc2cc(O)cc(-c3c(Cl)cc4c(N5C[C@H]6CC[C@@H](C5)N6)nc(OC[C@@H]5CCCN5C)nc4c3F)c12. The van der Waals surface area contributed by atoms with Gasteiger partial charge in [0.05, 0.1) is 10.6 Å². The fourth-order valence-corrected chi connectivity index (χ4v) is 7.10. The molecule has 0 amide bonds. The third-order valence-electron chi connectivity index (χ3n) is 8.90. The molecule has 3 atom stereocenters. The zero-order chi connectivity index (χ0) is 29.1. The average molecular weight is 590 g/mol. The van der Waals surface area contributed by atoms with E-state index in [-0.39, 0.29) is 50.4 Å². The van der Waals surface area contributed by atoms with Crippen LogP contribution in [0.15, 0.2) is 30.3 Å². The number of aromatic hydroxyl groups is 1. The van der Waals surface area contributed by atoms with Gasteiger partial charge in [0, 0.05) is 47.6 Å². The number of fused-ring (bicyclic) bond motifs is 4. The number of hydrogen-bond donors (Lipinski definition) is 2. The van der Waals surface area contributed by atoms with Crippen LogP contribution in [0.4, 0.5) is 14.6 Å². The average Bonchev–Trinajstić information content (AvgIpc) is 3.54. The van der Waals surface area contributed by atoms with Crippen molar-refractivity contribution in [1.29, 1.82) is 0 Å². The zero-order valence-electron chi connectivity index (χ0n) is 23.1. The monoisotopic (exact) mass is 589 g/mol. The van der Waals surface area contributed by atoms with Gasteiger partial charge < -0.3 is 25.0 Å². The molecule has 0 spiro atoms. The topological polar surface area (TPSA) is 73.8 Å². The maximum Gasteiger partial charge on any atom is 0.319 e. The highest BCUT2D eigenvalue weighted by atomic mass is 35.5. The number of piperazine rings is 1. The van der Waals surface area contributed by atoms with Gasteiger partial charge in [0.1, 0.15) is 29.5 Å². The molecule has 4 aromatic rings. The van der Waals surface area contributed by atoms with Crippen LogP contribution in [0.5, 0.6) is 11.8 Å². The van der Waals surface area contributed by atoms with Crippen LogP contribution in [0.3, 0.4) is 0 Å². The molecule has 216 valence electrons. The molecule has 10 heteroatoms. The van der Waals surface area contributed by atoms with Gasteiger partial charge >= 0.3 is 6.01 Å². The molecule has 42 heavy (non-hydrogen) atoms. The van der Waals surface area contributed by atoms with Gasteiger partial charge in [-0.05, 0) is 74.5 Å². The summed E-state index contributed by atoms with van der Waals surface area (Å²) in [4.78, 5) is 13.7. The van der Waals surface area contributed by atoms with Crippen LogP contribution >= 0.6 is 11.6 Å². The molecule has 0 saturated carbocycles. The summed E-state index contributed by atoms with van der Waals surface area (Å²) in [5, 5.41) is 15.4. The van der Waals surface area contributed by atoms with Crippen LogP contribution in [-0.2, 0) is 0 Å². The van der Waals surface area contributed by atoms with Crippen molar-refractivity contribution >= 4 is 39.1 Å². The molecule has 2 bridgehead atoms. The molecular formula is C32H30ClF2N5O2. The number of likely N-dealkylation sites (tertiary alicyclic amines) is 1. The van der Waals surface area contributed by atoms with Gasteiger partial charge in [-0.15, -0.1) is 6.42 Å². The van der Waals surface area contributed by atoms with Gasteiger partial charge in [-0.2, -0.15) is 9.97 Å². The van der Waals surface area contributed by atoms with Crippen LogP contribution < -0.4 is 15.0 Å². The number of ether oxygens (including phenoxy) is 1. The third-order valence-corrected chi connectivity index (χ3v) is 9.20. The van der Waals surface area contributed by atoms with Gasteiger partial charge in [-0.3, -0.25) is 0 Å². The highest BCUT2D eigenvalue weighted by molar-refractivity contribution is 6.35. The summed E-state index contributed by atoms with van der Waals surface area (Å²) in [6, 6.07) is 8.13. The van der Waals surface area contributed by atoms with Gasteiger partial charge in [0.2, 0.25) is 0 Å². The van der Waals surface area contributed by atoms with Gasteiger partial charge in [-0.25, -0.2) is 8.78 Å². The first kappa shape index (κ1) is 27.1. The Kier molecular flexibility index (Phi) is 6.81. The smallest absolute Gasteiger partial charge is 0.319 e. The highest BCUT2D eigenvalue weighted by Crippen LogP contribution is 2.44. The Morgan fingerprint density at radius 2 is 1.93 bits per heavy atom. The Morgan fingerprint density at radius 1 is 1.14 bits per heavy atom. The summed E-state index contributed by atoms with van der Waals surface area (Å²) < 4.78 is 37.7. The normalized spacial score (nSPS) is 22.3. The molecule has 2 N–H and O–H groups in total. The summed E-state index contributed by atoms with van der Waals surface area (Å²) in [5.41, 5.74) is 0.147. The van der Waals surface area contributed by atoms with Crippen LogP contribution in [-0.4, -0.2) is 71.4 Å².